The van der Waals surface area contributed by atoms with Crippen molar-refractivity contribution in [3.05, 3.63) is 169 Å². The van der Waals surface area contributed by atoms with Gasteiger partial charge in [0.2, 0.25) is 0 Å². The fourth-order valence-electron chi connectivity index (χ4n) is 7.67. The van der Waals surface area contributed by atoms with E-state index in [0.717, 1.165) is 58.8 Å². The van der Waals surface area contributed by atoms with Crippen molar-refractivity contribution < 1.29 is 24.0 Å². The second-order valence-electron chi connectivity index (χ2n) is 13.3. The Balaban J connectivity index is 1.14. The third-order valence-electron chi connectivity index (χ3n) is 10.1. The van der Waals surface area contributed by atoms with Crippen LogP contribution in [0.25, 0.3) is 6.08 Å². The summed E-state index contributed by atoms with van der Waals surface area (Å²) in [7, 11) is 0. The van der Waals surface area contributed by atoms with Crippen molar-refractivity contribution >= 4 is 52.6 Å². The SMILES string of the molecule is O=C1NC(=O)N(c2cc3c4c(c2)[C@H](c2ccccc2)CCN4CC[C@H]3c2ccccc2)C(=O)/C1=C/c1ccc(OCc2cccc([N+](=O)[O-])c2)c(Cl)c1. The average Bonchev–Trinajstić information content (AvgIpc) is 3.17. The number of nitrogens with zero attached hydrogens (tertiary/aromatic N) is 3. The van der Waals surface area contributed by atoms with Crippen molar-refractivity contribution in [3.63, 3.8) is 0 Å². The van der Waals surface area contributed by atoms with Gasteiger partial charge in [-0.3, -0.25) is 25.0 Å². The Morgan fingerprint density at radius 3 is 2.06 bits per heavy atom. The van der Waals surface area contributed by atoms with E-state index in [1.54, 1.807) is 30.3 Å². The van der Waals surface area contributed by atoms with Crippen LogP contribution in [0.5, 0.6) is 5.75 Å². The van der Waals surface area contributed by atoms with E-state index in [1.165, 1.54) is 18.2 Å². The highest BCUT2D eigenvalue weighted by atomic mass is 35.5. The molecule has 11 heteroatoms. The van der Waals surface area contributed by atoms with Crippen LogP contribution in [-0.4, -0.2) is 35.9 Å². The molecule has 10 nitrogen and oxygen atoms in total. The molecule has 3 heterocycles. The van der Waals surface area contributed by atoms with Crippen LogP contribution in [0.2, 0.25) is 5.02 Å². The molecule has 264 valence electrons. The number of amides is 4. The molecule has 0 saturated carbocycles. The highest BCUT2D eigenvalue weighted by molar-refractivity contribution is 6.39. The van der Waals surface area contributed by atoms with Crippen LogP contribution >= 0.6 is 11.6 Å². The van der Waals surface area contributed by atoms with Crippen LogP contribution in [0.4, 0.5) is 21.9 Å². The third-order valence-corrected chi connectivity index (χ3v) is 10.4. The molecule has 0 bridgehead atoms. The summed E-state index contributed by atoms with van der Waals surface area (Å²) in [6.07, 6.45) is 3.16. The second-order valence-corrected chi connectivity index (χ2v) is 13.7. The molecule has 0 aliphatic carbocycles. The van der Waals surface area contributed by atoms with E-state index in [4.69, 9.17) is 16.3 Å². The van der Waals surface area contributed by atoms with Gasteiger partial charge in [0.15, 0.2) is 0 Å². The highest BCUT2D eigenvalue weighted by Crippen LogP contribution is 2.50. The zero-order valence-electron chi connectivity index (χ0n) is 28.4. The van der Waals surface area contributed by atoms with E-state index < -0.39 is 22.8 Å². The molecule has 5 aromatic rings. The molecule has 0 radical (unpaired) electrons. The minimum Gasteiger partial charge on any atom is -0.487 e. The lowest BCUT2D eigenvalue weighted by atomic mass is 9.76. The number of rotatable bonds is 8. The van der Waals surface area contributed by atoms with Gasteiger partial charge in [-0.1, -0.05) is 90.5 Å². The minimum absolute atomic E-state index is 0.0383. The second kappa shape index (κ2) is 14.0. The predicted molar refractivity (Wildman–Crippen MR) is 202 cm³/mol. The van der Waals surface area contributed by atoms with Gasteiger partial charge in [0.1, 0.15) is 17.9 Å². The number of nitro benzene ring substituents is 1. The number of non-ortho nitro benzene ring substituents is 1. The third kappa shape index (κ3) is 6.53. The summed E-state index contributed by atoms with van der Waals surface area (Å²) in [5, 5.41) is 13.7. The lowest BCUT2D eigenvalue weighted by Gasteiger charge is -2.44. The first-order chi connectivity index (χ1) is 25.7. The van der Waals surface area contributed by atoms with E-state index in [2.05, 4.69) is 34.5 Å². The Morgan fingerprint density at radius 1 is 0.811 bits per heavy atom. The largest absolute Gasteiger partial charge is 0.487 e. The Hall–Kier alpha value is -6.26. The van der Waals surface area contributed by atoms with Gasteiger partial charge >= 0.3 is 6.03 Å². The predicted octanol–water partition coefficient (Wildman–Crippen LogP) is 8.37. The number of hydrogen-bond donors (Lipinski definition) is 1. The summed E-state index contributed by atoms with van der Waals surface area (Å²) in [4.78, 5) is 55.2. The Bertz CT molecular complexity index is 2240. The first-order valence-electron chi connectivity index (χ1n) is 17.3. The fraction of sp³-hybridized carbons (Fsp3) is 0.167. The van der Waals surface area contributed by atoms with E-state index in [1.807, 2.05) is 48.5 Å². The number of nitrogens with one attached hydrogen (secondary N) is 1. The molecule has 2 atom stereocenters. The van der Waals surface area contributed by atoms with E-state index in [-0.39, 0.29) is 34.7 Å². The molecule has 0 aromatic heterocycles. The van der Waals surface area contributed by atoms with Crippen molar-refractivity contribution in [2.24, 2.45) is 0 Å². The standard InChI is InChI=1S/C42H33ClN4O6/c43-37-22-26(14-15-38(37)53-25-27-8-7-13-30(20-27)47(51)52)21-36-40(48)44-42(50)46(41(36)49)31-23-34-32(28-9-3-1-4-10-28)16-18-45-19-17-33(35(24-31)39(34)45)29-11-5-2-6-12-29/h1-15,20-24,32-33H,16-19,25H2,(H,44,48,50)/b36-21+/t32-,33-/m0/s1. The monoisotopic (exact) mass is 724 g/mol. The Labute approximate surface area is 310 Å². The molecule has 8 rings (SSSR count). The van der Waals surface area contributed by atoms with Crippen molar-refractivity contribution in [2.45, 2.75) is 31.3 Å². The molecule has 3 aliphatic rings. The van der Waals surface area contributed by atoms with Crippen LogP contribution in [0.15, 0.2) is 121 Å². The fourth-order valence-corrected chi connectivity index (χ4v) is 7.92. The van der Waals surface area contributed by atoms with E-state index in [0.29, 0.717) is 22.6 Å². The number of anilines is 2. The van der Waals surface area contributed by atoms with Gasteiger partial charge in [0.05, 0.1) is 15.6 Å². The number of barbiturate groups is 1. The number of imide groups is 2. The Morgan fingerprint density at radius 2 is 1.45 bits per heavy atom. The maximum atomic E-state index is 14.2. The van der Waals surface area contributed by atoms with Crippen LogP contribution in [-0.2, 0) is 16.2 Å². The zero-order chi connectivity index (χ0) is 36.6. The summed E-state index contributed by atoms with van der Waals surface area (Å²) in [6, 6.07) is 34.5. The molecule has 1 saturated heterocycles. The smallest absolute Gasteiger partial charge is 0.335 e. The summed E-state index contributed by atoms with van der Waals surface area (Å²) in [5.74, 6) is -1.14. The molecule has 5 aromatic carbocycles. The zero-order valence-corrected chi connectivity index (χ0v) is 29.2. The summed E-state index contributed by atoms with van der Waals surface area (Å²) >= 11 is 6.55. The lowest BCUT2D eigenvalue weighted by Crippen LogP contribution is -2.54. The number of carbonyl (C=O) groups is 3. The molecular weight excluding hydrogens is 692 g/mol. The van der Waals surface area contributed by atoms with Gasteiger partial charge in [-0.25, -0.2) is 9.69 Å². The van der Waals surface area contributed by atoms with Gasteiger partial charge in [-0.15, -0.1) is 0 Å². The van der Waals surface area contributed by atoms with Crippen molar-refractivity contribution in [3.8, 4) is 5.75 Å². The van der Waals surface area contributed by atoms with Crippen LogP contribution in [0.3, 0.4) is 0 Å². The van der Waals surface area contributed by atoms with E-state index in [9.17, 15) is 24.5 Å². The lowest BCUT2D eigenvalue weighted by molar-refractivity contribution is -0.384. The van der Waals surface area contributed by atoms with Crippen LogP contribution in [0, 0.1) is 10.1 Å². The number of ether oxygens (including phenoxy) is 1. The van der Waals surface area contributed by atoms with Crippen molar-refractivity contribution in [1.29, 1.82) is 0 Å². The molecule has 53 heavy (non-hydrogen) atoms. The van der Waals surface area contributed by atoms with Gasteiger partial charge in [-0.05, 0) is 76.6 Å². The number of nitro groups is 1. The molecule has 0 unspecified atom stereocenters. The Kier molecular flexibility index (Phi) is 8.97. The molecule has 4 amide bonds. The minimum atomic E-state index is -0.816. The number of hydrogen-bond acceptors (Lipinski definition) is 7. The van der Waals surface area contributed by atoms with Gasteiger partial charge < -0.3 is 9.64 Å². The van der Waals surface area contributed by atoms with Gasteiger partial charge in [0.25, 0.3) is 17.5 Å². The molecule has 3 aliphatic heterocycles. The number of benzene rings is 5. The quantitative estimate of drug-likeness (QED) is 0.0739. The van der Waals surface area contributed by atoms with Crippen LogP contribution < -0.4 is 19.9 Å². The molecule has 1 fully saturated rings. The topological polar surface area (TPSA) is 122 Å². The number of carbonyl (C=O) groups excluding carboxylic acids is 3. The summed E-state index contributed by atoms with van der Waals surface area (Å²) in [5.41, 5.74) is 6.71. The first kappa shape index (κ1) is 33.9. The van der Waals surface area contributed by atoms with Gasteiger partial charge in [-0.2, -0.15) is 0 Å². The molecule has 0 spiro atoms. The molecule has 1 N–H and O–H groups in total. The highest BCUT2D eigenvalue weighted by Gasteiger charge is 2.40. The number of halogens is 1. The van der Waals surface area contributed by atoms with Crippen LogP contribution in [0.1, 0.15) is 58.1 Å². The maximum Gasteiger partial charge on any atom is 0.335 e. The van der Waals surface area contributed by atoms with Gasteiger partial charge in [0, 0.05) is 42.7 Å². The molecular formula is C42H33ClN4O6. The summed E-state index contributed by atoms with van der Waals surface area (Å²) in [6.45, 7) is 1.83. The normalized spacial score (nSPS) is 18.8. The summed E-state index contributed by atoms with van der Waals surface area (Å²) < 4.78 is 5.82. The van der Waals surface area contributed by atoms with Crippen molar-refractivity contribution in [2.75, 3.05) is 22.9 Å². The van der Waals surface area contributed by atoms with Crippen molar-refractivity contribution in [1.82, 2.24) is 5.32 Å². The average molecular weight is 725 g/mol. The van der Waals surface area contributed by atoms with E-state index >= 15 is 0 Å². The maximum absolute atomic E-state index is 14.2. The first-order valence-corrected chi connectivity index (χ1v) is 17.7. The number of urea groups is 1.